The molecule has 132 valence electrons. The van der Waals surface area contributed by atoms with Crippen molar-refractivity contribution in [3.05, 3.63) is 82.9 Å². The van der Waals surface area contributed by atoms with Crippen LogP contribution in [0.1, 0.15) is 62.1 Å². The predicted molar refractivity (Wildman–Crippen MR) is 109 cm³/mol. The topological polar surface area (TPSA) is 0 Å². The van der Waals surface area contributed by atoms with Crippen molar-refractivity contribution in [2.75, 3.05) is 0 Å². The fourth-order valence-electron chi connectivity index (χ4n) is 3.91. The molecule has 2 aromatic carbocycles. The van der Waals surface area contributed by atoms with E-state index in [2.05, 4.69) is 67.6 Å². The molecule has 0 radical (unpaired) electrons. The van der Waals surface area contributed by atoms with Crippen LogP contribution in [0.4, 0.5) is 0 Å². The SMILES string of the molecule is CCCc1ccc(CCC2CC=C(CCc3ccccc3)CC2)cc1. The van der Waals surface area contributed by atoms with Gasteiger partial charge in [0.1, 0.15) is 0 Å². The van der Waals surface area contributed by atoms with Crippen LogP contribution in [-0.2, 0) is 19.3 Å². The van der Waals surface area contributed by atoms with Crippen LogP contribution >= 0.6 is 0 Å². The smallest absolute Gasteiger partial charge is 0.0241 e. The van der Waals surface area contributed by atoms with Crippen LogP contribution in [0.15, 0.2) is 66.2 Å². The molecule has 0 aliphatic heterocycles. The molecule has 2 aromatic rings. The molecule has 25 heavy (non-hydrogen) atoms. The Bertz CT molecular complexity index is 648. The van der Waals surface area contributed by atoms with Gasteiger partial charge < -0.3 is 0 Å². The lowest BCUT2D eigenvalue weighted by Gasteiger charge is -2.22. The molecule has 0 heterocycles. The highest BCUT2D eigenvalue weighted by atomic mass is 14.2. The van der Waals surface area contributed by atoms with Crippen molar-refractivity contribution in [1.29, 1.82) is 0 Å². The maximum absolute atomic E-state index is 2.54. The lowest BCUT2D eigenvalue weighted by molar-refractivity contribution is 0.433. The Balaban J connectivity index is 1.40. The van der Waals surface area contributed by atoms with Gasteiger partial charge >= 0.3 is 0 Å². The molecule has 0 nitrogen and oxygen atoms in total. The molecule has 1 atom stereocenters. The molecule has 0 fully saturated rings. The first-order valence-electron chi connectivity index (χ1n) is 10.1. The third-order valence-corrected chi connectivity index (χ3v) is 5.59. The third-order valence-electron chi connectivity index (χ3n) is 5.59. The van der Waals surface area contributed by atoms with Crippen molar-refractivity contribution in [3.63, 3.8) is 0 Å². The Labute approximate surface area is 154 Å². The summed E-state index contributed by atoms with van der Waals surface area (Å²) in [6.45, 7) is 2.25. The van der Waals surface area contributed by atoms with Gasteiger partial charge in [-0.3, -0.25) is 0 Å². The zero-order chi connectivity index (χ0) is 17.3. The molecular formula is C25H32. The predicted octanol–water partition coefficient (Wildman–Crippen LogP) is 6.93. The number of hydrogen-bond donors (Lipinski definition) is 0. The fraction of sp³-hybridized carbons (Fsp3) is 0.440. The second-order valence-electron chi connectivity index (χ2n) is 7.59. The third kappa shape index (κ3) is 5.88. The summed E-state index contributed by atoms with van der Waals surface area (Å²) in [5.74, 6) is 0.885. The fourth-order valence-corrected chi connectivity index (χ4v) is 3.91. The molecule has 0 bridgehead atoms. The van der Waals surface area contributed by atoms with E-state index in [1.807, 2.05) is 0 Å². The van der Waals surface area contributed by atoms with Crippen LogP contribution in [-0.4, -0.2) is 0 Å². The van der Waals surface area contributed by atoms with E-state index in [1.165, 1.54) is 74.5 Å². The van der Waals surface area contributed by atoms with Gasteiger partial charge in [0.25, 0.3) is 0 Å². The van der Waals surface area contributed by atoms with Crippen LogP contribution in [0, 0.1) is 5.92 Å². The average molecular weight is 333 g/mol. The van der Waals surface area contributed by atoms with E-state index < -0.39 is 0 Å². The van der Waals surface area contributed by atoms with Crippen LogP contribution < -0.4 is 0 Å². The lowest BCUT2D eigenvalue weighted by atomic mass is 9.84. The molecule has 0 N–H and O–H groups in total. The van der Waals surface area contributed by atoms with Crippen molar-refractivity contribution < 1.29 is 0 Å². The number of benzene rings is 2. The molecule has 0 amide bonds. The molecule has 0 saturated carbocycles. The average Bonchev–Trinajstić information content (AvgIpc) is 2.68. The van der Waals surface area contributed by atoms with E-state index >= 15 is 0 Å². The largest absolute Gasteiger partial charge is 0.0850 e. The van der Waals surface area contributed by atoms with E-state index in [1.54, 1.807) is 5.57 Å². The Kier molecular flexibility index (Phi) is 6.91. The van der Waals surface area contributed by atoms with Gasteiger partial charge in [-0.25, -0.2) is 0 Å². The minimum Gasteiger partial charge on any atom is -0.0850 e. The number of aryl methyl sites for hydroxylation is 3. The highest BCUT2D eigenvalue weighted by Gasteiger charge is 2.14. The van der Waals surface area contributed by atoms with E-state index in [4.69, 9.17) is 0 Å². The summed E-state index contributed by atoms with van der Waals surface area (Å²) in [4.78, 5) is 0. The first-order chi connectivity index (χ1) is 12.3. The summed E-state index contributed by atoms with van der Waals surface area (Å²) < 4.78 is 0. The quantitative estimate of drug-likeness (QED) is 0.460. The second kappa shape index (κ2) is 9.61. The van der Waals surface area contributed by atoms with Gasteiger partial charge in [-0.05, 0) is 74.0 Å². The van der Waals surface area contributed by atoms with Gasteiger partial charge in [0, 0.05) is 0 Å². The summed E-state index contributed by atoms with van der Waals surface area (Å²) in [6.07, 6.45) is 14.0. The normalized spacial score (nSPS) is 17.3. The molecule has 1 aliphatic rings. The van der Waals surface area contributed by atoms with Crippen LogP contribution in [0.5, 0.6) is 0 Å². The summed E-state index contributed by atoms with van der Waals surface area (Å²) in [7, 11) is 0. The van der Waals surface area contributed by atoms with Gasteiger partial charge in [0.15, 0.2) is 0 Å². The standard InChI is InChI=1S/C25H32/c1-2-6-21-9-12-23(13-10-21)15-18-25-19-16-24(17-20-25)14-11-22-7-4-3-5-8-22/h3-5,7-10,12-13,16,25H,2,6,11,14-15,17-20H2,1H3. The first kappa shape index (κ1) is 18.0. The molecule has 3 rings (SSSR count). The Morgan fingerprint density at radius 2 is 1.44 bits per heavy atom. The summed E-state index contributed by atoms with van der Waals surface area (Å²) in [6, 6.07) is 20.2. The van der Waals surface area contributed by atoms with Crippen molar-refractivity contribution in [2.24, 2.45) is 5.92 Å². The van der Waals surface area contributed by atoms with Gasteiger partial charge in [-0.2, -0.15) is 0 Å². The van der Waals surface area contributed by atoms with Crippen molar-refractivity contribution in [1.82, 2.24) is 0 Å². The van der Waals surface area contributed by atoms with Gasteiger partial charge in [-0.15, -0.1) is 0 Å². The zero-order valence-corrected chi connectivity index (χ0v) is 15.7. The van der Waals surface area contributed by atoms with Gasteiger partial charge in [-0.1, -0.05) is 79.6 Å². The van der Waals surface area contributed by atoms with E-state index in [0.29, 0.717) is 0 Å². The van der Waals surface area contributed by atoms with E-state index in [0.717, 1.165) is 5.92 Å². The Morgan fingerprint density at radius 1 is 0.760 bits per heavy atom. The summed E-state index contributed by atoms with van der Waals surface area (Å²) in [5, 5.41) is 0. The summed E-state index contributed by atoms with van der Waals surface area (Å²) >= 11 is 0. The van der Waals surface area contributed by atoms with Crippen LogP contribution in [0.3, 0.4) is 0 Å². The Morgan fingerprint density at radius 3 is 2.08 bits per heavy atom. The summed E-state index contributed by atoms with van der Waals surface area (Å²) in [5.41, 5.74) is 6.15. The van der Waals surface area contributed by atoms with Gasteiger partial charge in [0.05, 0.1) is 0 Å². The molecule has 0 heteroatoms. The van der Waals surface area contributed by atoms with Crippen molar-refractivity contribution in [3.8, 4) is 0 Å². The molecule has 0 saturated heterocycles. The van der Waals surface area contributed by atoms with Crippen molar-refractivity contribution in [2.45, 2.75) is 64.7 Å². The minimum atomic E-state index is 0.885. The molecule has 0 spiro atoms. The zero-order valence-electron chi connectivity index (χ0n) is 15.7. The number of rotatable bonds is 8. The van der Waals surface area contributed by atoms with E-state index in [-0.39, 0.29) is 0 Å². The highest BCUT2D eigenvalue weighted by molar-refractivity contribution is 5.23. The van der Waals surface area contributed by atoms with Crippen LogP contribution in [0.2, 0.25) is 0 Å². The lowest BCUT2D eigenvalue weighted by Crippen LogP contribution is -2.07. The van der Waals surface area contributed by atoms with E-state index in [9.17, 15) is 0 Å². The second-order valence-corrected chi connectivity index (χ2v) is 7.59. The maximum Gasteiger partial charge on any atom is -0.0241 e. The molecule has 0 aromatic heterocycles. The van der Waals surface area contributed by atoms with Gasteiger partial charge in [0.2, 0.25) is 0 Å². The molecular weight excluding hydrogens is 300 g/mol. The van der Waals surface area contributed by atoms with Crippen molar-refractivity contribution >= 4 is 0 Å². The minimum absolute atomic E-state index is 0.885. The molecule has 1 unspecified atom stereocenters. The first-order valence-corrected chi connectivity index (χ1v) is 10.1. The molecule has 1 aliphatic carbocycles. The maximum atomic E-state index is 2.54. The monoisotopic (exact) mass is 332 g/mol. The van der Waals surface area contributed by atoms with Crippen LogP contribution in [0.25, 0.3) is 0 Å². The number of allylic oxidation sites excluding steroid dienone is 2. The Hall–Kier alpha value is -1.82. The number of hydrogen-bond acceptors (Lipinski definition) is 0. The highest BCUT2D eigenvalue weighted by Crippen LogP contribution is 2.29.